The van der Waals surface area contributed by atoms with Crippen molar-refractivity contribution in [2.45, 2.75) is 32.7 Å². The van der Waals surface area contributed by atoms with E-state index in [9.17, 15) is 0 Å². The summed E-state index contributed by atoms with van der Waals surface area (Å²) in [6.07, 6.45) is 6.13. The third kappa shape index (κ3) is 2.57. The lowest BCUT2D eigenvalue weighted by molar-refractivity contribution is 0.390. The number of aromatic nitrogens is 1. The van der Waals surface area contributed by atoms with Crippen molar-refractivity contribution in [2.75, 3.05) is 11.4 Å². The molecule has 0 aliphatic carbocycles. The normalized spacial score (nSPS) is 24.7. The quantitative estimate of drug-likeness (QED) is 0.817. The molecule has 2 unspecified atom stereocenters. The van der Waals surface area contributed by atoms with Crippen molar-refractivity contribution in [3.8, 4) is 0 Å². The van der Waals surface area contributed by atoms with E-state index in [0.717, 1.165) is 17.8 Å². The summed E-state index contributed by atoms with van der Waals surface area (Å²) in [6, 6.07) is 2.44. The lowest BCUT2D eigenvalue weighted by Gasteiger charge is -2.39. The van der Waals surface area contributed by atoms with Gasteiger partial charge in [-0.1, -0.05) is 19.1 Å². The van der Waals surface area contributed by atoms with Crippen LogP contribution in [0, 0.1) is 5.92 Å². The molecule has 3 nitrogen and oxygen atoms in total. The number of pyridine rings is 1. The lowest BCUT2D eigenvalue weighted by Crippen LogP contribution is -2.42. The highest BCUT2D eigenvalue weighted by Gasteiger charge is 2.25. The van der Waals surface area contributed by atoms with E-state index in [4.69, 9.17) is 18.0 Å². The molecule has 0 aromatic carbocycles. The number of nitrogens with two attached hydrogens (primary N) is 1. The maximum absolute atomic E-state index is 5.78. The second-order valence-electron chi connectivity index (χ2n) is 4.94. The van der Waals surface area contributed by atoms with E-state index in [1.54, 1.807) is 6.20 Å². The van der Waals surface area contributed by atoms with Crippen LogP contribution in [0.5, 0.6) is 0 Å². The van der Waals surface area contributed by atoms with Crippen LogP contribution in [-0.2, 0) is 0 Å². The number of thiocarbonyl (C=S) groups is 1. The van der Waals surface area contributed by atoms with Crippen LogP contribution in [0.3, 0.4) is 0 Å². The van der Waals surface area contributed by atoms with Crippen molar-refractivity contribution in [1.82, 2.24) is 4.98 Å². The minimum atomic E-state index is 0.452. The first-order valence-corrected chi connectivity index (χ1v) is 6.51. The van der Waals surface area contributed by atoms with E-state index in [2.05, 4.69) is 23.7 Å². The molecule has 2 heterocycles. The summed E-state index contributed by atoms with van der Waals surface area (Å²) in [5, 5.41) is 0. The predicted molar refractivity (Wildman–Crippen MR) is 75.3 cm³/mol. The Hall–Kier alpha value is -1.16. The van der Waals surface area contributed by atoms with Gasteiger partial charge in [-0.05, 0) is 31.7 Å². The highest BCUT2D eigenvalue weighted by Crippen LogP contribution is 2.29. The molecule has 1 fully saturated rings. The van der Waals surface area contributed by atoms with Crippen LogP contribution in [-0.4, -0.2) is 22.6 Å². The van der Waals surface area contributed by atoms with Crippen molar-refractivity contribution in [3.63, 3.8) is 0 Å². The molecule has 1 saturated heterocycles. The van der Waals surface area contributed by atoms with Crippen molar-refractivity contribution >= 4 is 22.9 Å². The number of nitrogens with zero attached hydrogens (tertiary/aromatic N) is 2. The molecule has 4 heteroatoms. The SMILES string of the molecule is CC1CCC(C)N(c2cnccc2C(N)=S)C1. The second-order valence-corrected chi connectivity index (χ2v) is 5.38. The van der Waals surface area contributed by atoms with Gasteiger partial charge in [0, 0.05) is 24.3 Å². The zero-order chi connectivity index (χ0) is 12.4. The Morgan fingerprint density at radius 1 is 1.47 bits per heavy atom. The van der Waals surface area contributed by atoms with Gasteiger partial charge >= 0.3 is 0 Å². The Morgan fingerprint density at radius 3 is 2.94 bits per heavy atom. The van der Waals surface area contributed by atoms with Gasteiger partial charge in [0.2, 0.25) is 0 Å². The standard InChI is InChI=1S/C13H19N3S/c1-9-3-4-10(2)16(8-9)12-7-15-6-5-11(12)13(14)17/h5-7,9-10H,3-4,8H2,1-2H3,(H2,14,17). The Kier molecular flexibility index (Phi) is 3.62. The summed E-state index contributed by atoms with van der Waals surface area (Å²) in [6.45, 7) is 5.60. The Balaban J connectivity index is 2.35. The summed E-state index contributed by atoms with van der Waals surface area (Å²) in [4.78, 5) is 7.04. The summed E-state index contributed by atoms with van der Waals surface area (Å²) in [7, 11) is 0. The maximum atomic E-state index is 5.78. The molecule has 0 amide bonds. The summed E-state index contributed by atoms with van der Waals surface area (Å²) in [5.74, 6) is 0.714. The van der Waals surface area contributed by atoms with Gasteiger partial charge < -0.3 is 10.6 Å². The topological polar surface area (TPSA) is 42.2 Å². The van der Waals surface area contributed by atoms with Gasteiger partial charge in [-0.2, -0.15) is 0 Å². The van der Waals surface area contributed by atoms with Crippen LogP contribution in [0.15, 0.2) is 18.5 Å². The molecule has 0 radical (unpaired) electrons. The molecule has 92 valence electrons. The molecule has 1 aliphatic rings. The molecular formula is C13H19N3S. The van der Waals surface area contributed by atoms with Crippen LogP contribution < -0.4 is 10.6 Å². The fourth-order valence-electron chi connectivity index (χ4n) is 2.45. The van der Waals surface area contributed by atoms with Gasteiger partial charge in [-0.25, -0.2) is 0 Å². The zero-order valence-electron chi connectivity index (χ0n) is 10.4. The average molecular weight is 249 g/mol. The average Bonchev–Trinajstić information content (AvgIpc) is 2.32. The number of hydrogen-bond donors (Lipinski definition) is 1. The fourth-order valence-corrected chi connectivity index (χ4v) is 2.62. The molecule has 1 aromatic heterocycles. The molecule has 2 atom stereocenters. The van der Waals surface area contributed by atoms with E-state index >= 15 is 0 Å². The fraction of sp³-hybridized carbons (Fsp3) is 0.538. The zero-order valence-corrected chi connectivity index (χ0v) is 11.2. The number of rotatable bonds is 2. The van der Waals surface area contributed by atoms with Gasteiger partial charge in [-0.3, -0.25) is 4.98 Å². The van der Waals surface area contributed by atoms with Crippen molar-refractivity contribution in [3.05, 3.63) is 24.0 Å². The Bertz CT molecular complexity index is 419. The first-order chi connectivity index (χ1) is 8.09. The Morgan fingerprint density at radius 2 is 2.24 bits per heavy atom. The monoisotopic (exact) mass is 249 g/mol. The third-order valence-electron chi connectivity index (χ3n) is 3.49. The van der Waals surface area contributed by atoms with E-state index in [0.29, 0.717) is 16.9 Å². The number of hydrogen-bond acceptors (Lipinski definition) is 3. The number of anilines is 1. The van der Waals surface area contributed by atoms with Gasteiger partial charge in [0.1, 0.15) is 4.99 Å². The minimum absolute atomic E-state index is 0.452. The first-order valence-electron chi connectivity index (χ1n) is 6.10. The third-order valence-corrected chi connectivity index (χ3v) is 3.71. The lowest BCUT2D eigenvalue weighted by atomic mass is 9.94. The second kappa shape index (κ2) is 5.00. The summed E-state index contributed by atoms with van der Waals surface area (Å²) < 4.78 is 0. The van der Waals surface area contributed by atoms with Crippen LogP contribution >= 0.6 is 12.2 Å². The molecule has 2 rings (SSSR count). The highest BCUT2D eigenvalue weighted by molar-refractivity contribution is 7.80. The van der Waals surface area contributed by atoms with Crippen LogP contribution in [0.2, 0.25) is 0 Å². The first kappa shape index (κ1) is 12.3. The van der Waals surface area contributed by atoms with Crippen LogP contribution in [0.4, 0.5) is 5.69 Å². The molecule has 1 aliphatic heterocycles. The van der Waals surface area contributed by atoms with E-state index < -0.39 is 0 Å². The van der Waals surface area contributed by atoms with Gasteiger partial charge in [0.15, 0.2) is 0 Å². The van der Waals surface area contributed by atoms with E-state index in [1.807, 2.05) is 12.3 Å². The van der Waals surface area contributed by atoms with E-state index in [-0.39, 0.29) is 0 Å². The van der Waals surface area contributed by atoms with Gasteiger partial charge in [0.05, 0.1) is 11.9 Å². The van der Waals surface area contributed by atoms with E-state index in [1.165, 1.54) is 12.8 Å². The molecular weight excluding hydrogens is 230 g/mol. The molecule has 0 bridgehead atoms. The van der Waals surface area contributed by atoms with Crippen molar-refractivity contribution in [2.24, 2.45) is 11.7 Å². The van der Waals surface area contributed by atoms with Crippen LogP contribution in [0.1, 0.15) is 32.3 Å². The summed E-state index contributed by atoms with van der Waals surface area (Å²) >= 11 is 5.11. The Labute approximate surface area is 108 Å². The van der Waals surface area contributed by atoms with Crippen molar-refractivity contribution < 1.29 is 0 Å². The molecule has 0 saturated carbocycles. The molecule has 2 N–H and O–H groups in total. The number of piperidine rings is 1. The minimum Gasteiger partial charge on any atom is -0.389 e. The molecule has 1 aromatic rings. The predicted octanol–water partition coefficient (Wildman–Crippen LogP) is 2.34. The smallest absolute Gasteiger partial charge is 0.106 e. The molecule has 0 spiro atoms. The van der Waals surface area contributed by atoms with Gasteiger partial charge in [0.25, 0.3) is 0 Å². The highest BCUT2D eigenvalue weighted by atomic mass is 32.1. The molecule has 17 heavy (non-hydrogen) atoms. The summed E-state index contributed by atoms with van der Waals surface area (Å²) in [5.41, 5.74) is 7.80. The maximum Gasteiger partial charge on any atom is 0.106 e. The van der Waals surface area contributed by atoms with Crippen molar-refractivity contribution in [1.29, 1.82) is 0 Å². The largest absolute Gasteiger partial charge is 0.389 e. The van der Waals surface area contributed by atoms with Crippen LogP contribution in [0.25, 0.3) is 0 Å². The van der Waals surface area contributed by atoms with Gasteiger partial charge in [-0.15, -0.1) is 0 Å².